The molecule has 2 aromatic rings. The molecule has 1 aromatic carbocycles. The van der Waals surface area contributed by atoms with Gasteiger partial charge in [-0.2, -0.15) is 0 Å². The molecule has 0 amide bonds. The molecule has 0 bridgehead atoms. The lowest BCUT2D eigenvalue weighted by Crippen LogP contribution is -2.47. The summed E-state index contributed by atoms with van der Waals surface area (Å²) in [6.45, 7) is 7.44. The molecule has 4 rings (SSSR count). The highest BCUT2D eigenvalue weighted by molar-refractivity contribution is 7.89. The number of benzene rings is 1. The Balaban J connectivity index is 1.73. The summed E-state index contributed by atoms with van der Waals surface area (Å²) in [5, 5.41) is 5.57. The van der Waals surface area contributed by atoms with Gasteiger partial charge in [-0.3, -0.25) is 4.98 Å². The van der Waals surface area contributed by atoms with E-state index in [4.69, 9.17) is 0 Å². The Morgan fingerprint density at radius 1 is 1.32 bits per heavy atom. The SMILES string of the molecule is CC1(C)C2CNCC2CN1[S+]([O-])c1cccc2cnccc12. The number of hydrogen-bond acceptors (Lipinski definition) is 4. The zero-order valence-electron chi connectivity index (χ0n) is 13.0. The molecule has 3 heterocycles. The summed E-state index contributed by atoms with van der Waals surface area (Å²) in [6, 6.07) is 7.95. The Morgan fingerprint density at radius 2 is 2.18 bits per heavy atom. The average Bonchev–Trinajstić information content (AvgIpc) is 3.08. The van der Waals surface area contributed by atoms with Crippen LogP contribution in [-0.2, 0) is 11.4 Å². The van der Waals surface area contributed by atoms with Crippen LogP contribution < -0.4 is 5.32 Å². The third kappa shape index (κ3) is 2.07. The molecule has 0 radical (unpaired) electrons. The van der Waals surface area contributed by atoms with Crippen molar-refractivity contribution in [2.24, 2.45) is 11.8 Å². The van der Waals surface area contributed by atoms with Crippen molar-refractivity contribution in [1.29, 1.82) is 0 Å². The van der Waals surface area contributed by atoms with Gasteiger partial charge in [-0.05, 0) is 44.4 Å². The van der Waals surface area contributed by atoms with Crippen molar-refractivity contribution in [3.63, 3.8) is 0 Å². The highest BCUT2D eigenvalue weighted by Crippen LogP contribution is 2.44. The van der Waals surface area contributed by atoms with Gasteiger partial charge in [0.15, 0.2) is 4.90 Å². The monoisotopic (exact) mass is 315 g/mol. The van der Waals surface area contributed by atoms with Crippen LogP contribution in [0.25, 0.3) is 10.8 Å². The standard InChI is InChI=1S/C17H21N3OS/c1-17(2)15-10-19-9-13(15)11-20(17)22(21)16-5-3-4-12-8-18-7-6-14(12)16/h3-8,13,15,19H,9-11H2,1-2H3. The second-order valence-corrected chi connectivity index (χ2v) is 8.22. The minimum Gasteiger partial charge on any atom is -0.593 e. The highest BCUT2D eigenvalue weighted by Gasteiger charge is 2.55. The fourth-order valence-electron chi connectivity index (χ4n) is 4.03. The predicted molar refractivity (Wildman–Crippen MR) is 88.8 cm³/mol. The van der Waals surface area contributed by atoms with Crippen molar-refractivity contribution in [2.45, 2.75) is 24.3 Å². The zero-order chi connectivity index (χ0) is 15.3. The van der Waals surface area contributed by atoms with Crippen LogP contribution in [0.2, 0.25) is 0 Å². The molecule has 116 valence electrons. The first kappa shape index (κ1) is 14.5. The van der Waals surface area contributed by atoms with Crippen molar-refractivity contribution < 1.29 is 4.55 Å². The largest absolute Gasteiger partial charge is 0.593 e. The van der Waals surface area contributed by atoms with Crippen LogP contribution in [0.5, 0.6) is 0 Å². The van der Waals surface area contributed by atoms with Crippen LogP contribution in [0.15, 0.2) is 41.6 Å². The van der Waals surface area contributed by atoms with E-state index in [1.165, 1.54) is 0 Å². The van der Waals surface area contributed by atoms with E-state index in [1.807, 2.05) is 30.5 Å². The van der Waals surface area contributed by atoms with E-state index in [1.54, 1.807) is 6.20 Å². The van der Waals surface area contributed by atoms with Crippen LogP contribution in [0.1, 0.15) is 13.8 Å². The summed E-state index contributed by atoms with van der Waals surface area (Å²) >= 11 is -1.13. The molecule has 5 heteroatoms. The highest BCUT2D eigenvalue weighted by atomic mass is 32.2. The number of pyridine rings is 1. The second kappa shape index (κ2) is 5.20. The van der Waals surface area contributed by atoms with E-state index in [0.29, 0.717) is 11.8 Å². The van der Waals surface area contributed by atoms with Gasteiger partial charge in [0.05, 0.1) is 16.9 Å². The molecule has 0 spiro atoms. The van der Waals surface area contributed by atoms with Gasteiger partial charge in [0.2, 0.25) is 0 Å². The zero-order valence-corrected chi connectivity index (χ0v) is 13.8. The third-order valence-electron chi connectivity index (χ3n) is 5.32. The maximum Gasteiger partial charge on any atom is 0.182 e. The molecule has 2 aliphatic rings. The summed E-state index contributed by atoms with van der Waals surface area (Å²) < 4.78 is 15.5. The predicted octanol–water partition coefficient (Wildman–Crippen LogP) is 2.19. The number of nitrogens with zero attached hydrogens (tertiary/aromatic N) is 2. The van der Waals surface area contributed by atoms with Crippen molar-refractivity contribution in [1.82, 2.24) is 14.6 Å². The van der Waals surface area contributed by atoms with E-state index in [0.717, 1.165) is 35.3 Å². The number of aromatic nitrogens is 1. The number of nitrogens with one attached hydrogen (secondary N) is 1. The van der Waals surface area contributed by atoms with Crippen LogP contribution >= 0.6 is 0 Å². The topological polar surface area (TPSA) is 51.2 Å². The smallest absolute Gasteiger partial charge is 0.182 e. The molecular formula is C17H21N3OS. The number of fused-ring (bicyclic) bond motifs is 2. The van der Waals surface area contributed by atoms with E-state index < -0.39 is 11.4 Å². The van der Waals surface area contributed by atoms with Crippen molar-refractivity contribution >= 4 is 22.1 Å². The van der Waals surface area contributed by atoms with E-state index in [2.05, 4.69) is 28.5 Å². The van der Waals surface area contributed by atoms with E-state index >= 15 is 0 Å². The van der Waals surface area contributed by atoms with Crippen molar-refractivity contribution in [2.75, 3.05) is 19.6 Å². The fraction of sp³-hybridized carbons (Fsp3) is 0.471. The lowest BCUT2D eigenvalue weighted by Gasteiger charge is -2.34. The molecule has 3 unspecified atom stereocenters. The fourth-order valence-corrected chi connectivity index (χ4v) is 5.73. The molecule has 2 fully saturated rings. The van der Waals surface area contributed by atoms with Gasteiger partial charge in [0.25, 0.3) is 0 Å². The molecule has 2 saturated heterocycles. The molecule has 0 aliphatic carbocycles. The molecule has 22 heavy (non-hydrogen) atoms. The van der Waals surface area contributed by atoms with E-state index in [-0.39, 0.29) is 5.54 Å². The second-order valence-electron chi connectivity index (χ2n) is 6.84. The van der Waals surface area contributed by atoms with Crippen LogP contribution in [0.3, 0.4) is 0 Å². The molecule has 0 saturated carbocycles. The molecule has 4 nitrogen and oxygen atoms in total. The lowest BCUT2D eigenvalue weighted by atomic mass is 9.85. The Hall–Kier alpha value is -1.14. The summed E-state index contributed by atoms with van der Waals surface area (Å²) in [7, 11) is 0. The number of rotatable bonds is 2. The molecule has 2 aliphatic heterocycles. The minimum atomic E-state index is -1.13. The lowest BCUT2D eigenvalue weighted by molar-refractivity contribution is 0.233. The molecule has 1 aromatic heterocycles. The summed E-state index contributed by atoms with van der Waals surface area (Å²) in [4.78, 5) is 5.07. The molecular weight excluding hydrogens is 294 g/mol. The number of hydrogen-bond donors (Lipinski definition) is 1. The van der Waals surface area contributed by atoms with Crippen molar-refractivity contribution in [3.05, 3.63) is 36.7 Å². The van der Waals surface area contributed by atoms with Gasteiger partial charge in [0, 0.05) is 36.3 Å². The molecule has 3 atom stereocenters. The average molecular weight is 315 g/mol. The van der Waals surface area contributed by atoms with Gasteiger partial charge < -0.3 is 9.87 Å². The Kier molecular flexibility index (Phi) is 3.42. The maximum absolute atomic E-state index is 13.3. The first-order valence-corrected chi connectivity index (χ1v) is 8.92. The van der Waals surface area contributed by atoms with E-state index in [9.17, 15) is 4.55 Å². The molecule has 1 N–H and O–H groups in total. The van der Waals surface area contributed by atoms with Gasteiger partial charge in [0.1, 0.15) is 0 Å². The van der Waals surface area contributed by atoms with Crippen LogP contribution in [-0.4, -0.2) is 39.0 Å². The van der Waals surface area contributed by atoms with Gasteiger partial charge in [-0.25, -0.2) is 0 Å². The van der Waals surface area contributed by atoms with Gasteiger partial charge >= 0.3 is 0 Å². The maximum atomic E-state index is 13.3. The summed E-state index contributed by atoms with van der Waals surface area (Å²) in [5.74, 6) is 1.18. The Labute approximate surface area is 134 Å². The summed E-state index contributed by atoms with van der Waals surface area (Å²) in [6.07, 6.45) is 3.61. The van der Waals surface area contributed by atoms with Crippen LogP contribution in [0.4, 0.5) is 0 Å². The normalized spacial score (nSPS) is 28.9. The minimum absolute atomic E-state index is 0.0474. The Bertz CT molecular complexity index is 700. The van der Waals surface area contributed by atoms with Crippen LogP contribution in [0, 0.1) is 11.8 Å². The Morgan fingerprint density at radius 3 is 3.00 bits per heavy atom. The quantitative estimate of drug-likeness (QED) is 0.863. The van der Waals surface area contributed by atoms with Gasteiger partial charge in [-0.1, -0.05) is 12.1 Å². The first-order valence-electron chi connectivity index (χ1n) is 7.82. The summed E-state index contributed by atoms with van der Waals surface area (Å²) in [5.41, 5.74) is -0.0474. The van der Waals surface area contributed by atoms with Crippen molar-refractivity contribution in [3.8, 4) is 0 Å². The third-order valence-corrected chi connectivity index (χ3v) is 7.07. The van der Waals surface area contributed by atoms with Gasteiger partial charge in [-0.15, -0.1) is 4.31 Å². The first-order chi connectivity index (χ1) is 10.6.